The van der Waals surface area contributed by atoms with E-state index in [0.717, 1.165) is 37.8 Å². The first-order chi connectivity index (χ1) is 13.7. The Hall–Kier alpha value is -1.52. The monoisotopic (exact) mass is 550 g/mol. The molecule has 0 aromatic carbocycles. The minimum atomic E-state index is 0. The summed E-state index contributed by atoms with van der Waals surface area (Å²) in [6.07, 6.45) is 4.40. The van der Waals surface area contributed by atoms with Gasteiger partial charge in [-0.05, 0) is 37.6 Å². The van der Waals surface area contributed by atoms with Crippen molar-refractivity contribution in [2.75, 3.05) is 37.7 Å². The summed E-state index contributed by atoms with van der Waals surface area (Å²) in [5, 5.41) is 7.91. The Balaban J connectivity index is 0.00000300. The molecule has 3 heterocycles. The second kappa shape index (κ2) is 12.2. The molecule has 1 atom stereocenters. The molecule has 0 spiro atoms. The van der Waals surface area contributed by atoms with E-state index >= 15 is 0 Å². The van der Waals surface area contributed by atoms with Gasteiger partial charge in [0.15, 0.2) is 5.96 Å². The molecule has 10 heteroatoms. The molecule has 0 aliphatic carbocycles. The number of hydrogen-bond acceptors (Lipinski definition) is 5. The first-order valence-corrected chi connectivity index (χ1v) is 10.1. The van der Waals surface area contributed by atoms with E-state index in [9.17, 15) is 0 Å². The van der Waals surface area contributed by atoms with Crippen molar-refractivity contribution in [3.63, 3.8) is 0 Å². The first-order valence-electron chi connectivity index (χ1n) is 9.31. The molecule has 158 valence electrons. The minimum absolute atomic E-state index is 0. The number of pyridine rings is 2. The molecule has 2 aromatic rings. The lowest BCUT2D eigenvalue weighted by Crippen LogP contribution is -2.44. The number of nitrogens with zero attached hydrogens (tertiary/aromatic N) is 4. The summed E-state index contributed by atoms with van der Waals surface area (Å²) in [4.78, 5) is 15.3. The molecule has 1 aliphatic heterocycles. The van der Waals surface area contributed by atoms with Crippen molar-refractivity contribution in [2.24, 2.45) is 4.99 Å². The van der Waals surface area contributed by atoms with E-state index in [0.29, 0.717) is 29.1 Å². The van der Waals surface area contributed by atoms with Gasteiger partial charge in [-0.1, -0.05) is 23.2 Å². The van der Waals surface area contributed by atoms with Gasteiger partial charge in [-0.2, -0.15) is 0 Å². The summed E-state index contributed by atoms with van der Waals surface area (Å²) >= 11 is 12.3. The maximum absolute atomic E-state index is 6.26. The molecule has 29 heavy (non-hydrogen) atoms. The fraction of sp³-hybridized carbons (Fsp3) is 0.421. The molecule has 3 rings (SSSR count). The molecule has 0 saturated carbocycles. The minimum Gasteiger partial charge on any atom is -0.475 e. The molecule has 2 N–H and O–H groups in total. The Morgan fingerprint density at radius 3 is 2.72 bits per heavy atom. The number of anilines is 1. The molecule has 2 aromatic heterocycles. The van der Waals surface area contributed by atoms with Crippen LogP contribution in [-0.4, -0.2) is 54.8 Å². The zero-order valence-corrected chi connectivity index (χ0v) is 20.0. The van der Waals surface area contributed by atoms with Gasteiger partial charge in [0, 0.05) is 38.1 Å². The Bertz CT molecular complexity index is 810. The van der Waals surface area contributed by atoms with E-state index in [4.69, 9.17) is 27.9 Å². The molecular formula is C19H25Cl2IN6O. The molecule has 0 radical (unpaired) electrons. The third kappa shape index (κ3) is 7.04. The second-order valence-corrected chi connectivity index (χ2v) is 7.10. The maximum Gasteiger partial charge on any atom is 0.232 e. The van der Waals surface area contributed by atoms with Crippen LogP contribution in [0.25, 0.3) is 0 Å². The smallest absolute Gasteiger partial charge is 0.232 e. The topological polar surface area (TPSA) is 74.7 Å². The van der Waals surface area contributed by atoms with Gasteiger partial charge in [0.25, 0.3) is 0 Å². The van der Waals surface area contributed by atoms with Gasteiger partial charge in [-0.25, -0.2) is 15.0 Å². The number of ether oxygens (including phenoxy) is 1. The quantitative estimate of drug-likeness (QED) is 0.237. The van der Waals surface area contributed by atoms with Crippen molar-refractivity contribution in [2.45, 2.75) is 19.4 Å². The highest BCUT2D eigenvalue weighted by Gasteiger charge is 2.25. The van der Waals surface area contributed by atoms with E-state index < -0.39 is 0 Å². The summed E-state index contributed by atoms with van der Waals surface area (Å²) in [6.45, 7) is 5.42. The first kappa shape index (κ1) is 23.8. The van der Waals surface area contributed by atoms with Crippen LogP contribution in [0.15, 0.2) is 41.7 Å². The van der Waals surface area contributed by atoms with E-state index in [1.807, 2.05) is 19.1 Å². The zero-order valence-electron chi connectivity index (χ0n) is 16.1. The van der Waals surface area contributed by atoms with Crippen LogP contribution < -0.4 is 20.3 Å². The number of aromatic nitrogens is 2. The summed E-state index contributed by atoms with van der Waals surface area (Å²) < 4.78 is 5.59. The van der Waals surface area contributed by atoms with Crippen LogP contribution in [0, 0.1) is 0 Å². The molecular weight excluding hydrogens is 526 g/mol. The van der Waals surface area contributed by atoms with Crippen LogP contribution in [0.5, 0.6) is 5.88 Å². The fourth-order valence-corrected chi connectivity index (χ4v) is 3.39. The maximum atomic E-state index is 6.26. The van der Waals surface area contributed by atoms with E-state index in [2.05, 4.69) is 30.5 Å². The van der Waals surface area contributed by atoms with Gasteiger partial charge in [-0.15, -0.1) is 24.0 Å². The van der Waals surface area contributed by atoms with E-state index in [1.165, 1.54) is 0 Å². The standard InChI is InChI=1S/C19H24Cl2N6O.HI/c1-2-22-19(25-10-12-28-18-16(21)6-4-9-24-18)26-14-7-11-27(13-14)17-15(20)5-3-8-23-17;/h3-6,8-9,14H,2,7,10-13H2,1H3,(H2,22,25,26);1H. The van der Waals surface area contributed by atoms with Crippen LogP contribution in [0.4, 0.5) is 5.82 Å². The number of halogens is 3. The normalized spacial score (nSPS) is 16.3. The number of rotatable bonds is 7. The highest BCUT2D eigenvalue weighted by Crippen LogP contribution is 2.25. The predicted octanol–water partition coefficient (Wildman–Crippen LogP) is 3.61. The summed E-state index contributed by atoms with van der Waals surface area (Å²) in [5.74, 6) is 2.02. The van der Waals surface area contributed by atoms with E-state index in [-0.39, 0.29) is 30.0 Å². The fourth-order valence-electron chi connectivity index (χ4n) is 2.97. The molecule has 1 fully saturated rings. The SMILES string of the molecule is CCNC(=NCCOc1ncccc1Cl)NC1CCN(c2ncccc2Cl)C1.I. The Labute approximate surface area is 198 Å². The molecule has 1 saturated heterocycles. The van der Waals surface area contributed by atoms with Crippen molar-refractivity contribution >= 4 is 59.0 Å². The van der Waals surface area contributed by atoms with Gasteiger partial charge in [0.05, 0.1) is 11.6 Å². The van der Waals surface area contributed by atoms with Gasteiger partial charge in [-0.3, -0.25) is 0 Å². The van der Waals surface area contributed by atoms with Gasteiger partial charge >= 0.3 is 0 Å². The van der Waals surface area contributed by atoms with Crippen LogP contribution in [0.3, 0.4) is 0 Å². The second-order valence-electron chi connectivity index (χ2n) is 6.28. The van der Waals surface area contributed by atoms with Gasteiger partial charge in [0.2, 0.25) is 5.88 Å². The van der Waals surface area contributed by atoms with Crippen LogP contribution in [0.2, 0.25) is 10.0 Å². The summed E-state index contributed by atoms with van der Waals surface area (Å²) in [7, 11) is 0. The highest BCUT2D eigenvalue weighted by molar-refractivity contribution is 14.0. The number of aliphatic imine (C=N–C) groups is 1. The van der Waals surface area contributed by atoms with Gasteiger partial charge in [0.1, 0.15) is 17.4 Å². The molecule has 1 unspecified atom stereocenters. The predicted molar refractivity (Wildman–Crippen MR) is 129 cm³/mol. The zero-order chi connectivity index (χ0) is 19.8. The molecule has 0 amide bonds. The van der Waals surface area contributed by atoms with Crippen LogP contribution in [-0.2, 0) is 0 Å². The summed E-state index contributed by atoms with van der Waals surface area (Å²) in [5.41, 5.74) is 0. The molecule has 0 bridgehead atoms. The molecule has 1 aliphatic rings. The van der Waals surface area contributed by atoms with Crippen LogP contribution >= 0.6 is 47.2 Å². The third-order valence-corrected chi connectivity index (χ3v) is 4.82. The third-order valence-electron chi connectivity index (χ3n) is 4.24. The number of guanidine groups is 1. The lowest BCUT2D eigenvalue weighted by molar-refractivity contribution is 0.316. The number of nitrogens with one attached hydrogen (secondary N) is 2. The van der Waals surface area contributed by atoms with Crippen molar-refractivity contribution in [1.82, 2.24) is 20.6 Å². The Morgan fingerprint density at radius 1 is 1.24 bits per heavy atom. The number of hydrogen-bond donors (Lipinski definition) is 2. The Kier molecular flexibility index (Phi) is 10.0. The lowest BCUT2D eigenvalue weighted by Gasteiger charge is -2.20. The molecule has 7 nitrogen and oxygen atoms in total. The Morgan fingerprint density at radius 2 is 2.00 bits per heavy atom. The average molecular weight is 551 g/mol. The van der Waals surface area contributed by atoms with Crippen molar-refractivity contribution in [1.29, 1.82) is 0 Å². The van der Waals surface area contributed by atoms with Gasteiger partial charge < -0.3 is 20.3 Å². The lowest BCUT2D eigenvalue weighted by atomic mass is 10.3. The van der Waals surface area contributed by atoms with Crippen LogP contribution in [0.1, 0.15) is 13.3 Å². The summed E-state index contributed by atoms with van der Waals surface area (Å²) in [6, 6.07) is 7.49. The highest BCUT2D eigenvalue weighted by atomic mass is 127. The van der Waals surface area contributed by atoms with Crippen molar-refractivity contribution < 1.29 is 4.74 Å². The average Bonchev–Trinajstić information content (AvgIpc) is 3.15. The van der Waals surface area contributed by atoms with E-state index in [1.54, 1.807) is 24.5 Å². The largest absolute Gasteiger partial charge is 0.475 e. The van der Waals surface area contributed by atoms with Crippen molar-refractivity contribution in [3.8, 4) is 5.88 Å². The van der Waals surface area contributed by atoms with Crippen molar-refractivity contribution in [3.05, 3.63) is 46.7 Å².